The number of hydrogen-bond donors (Lipinski definition) is 3. The van der Waals surface area contributed by atoms with Crippen molar-refractivity contribution in [1.82, 2.24) is 10.2 Å². The van der Waals surface area contributed by atoms with Gasteiger partial charge in [0.25, 0.3) is 5.91 Å². The van der Waals surface area contributed by atoms with Crippen molar-refractivity contribution in [3.63, 3.8) is 0 Å². The van der Waals surface area contributed by atoms with Gasteiger partial charge in [0.2, 0.25) is 0 Å². The summed E-state index contributed by atoms with van der Waals surface area (Å²) in [4.78, 5) is 36.6. The minimum absolute atomic E-state index is 0.0272. The van der Waals surface area contributed by atoms with Gasteiger partial charge in [-0.3, -0.25) is 4.79 Å². The van der Waals surface area contributed by atoms with Crippen molar-refractivity contribution in [2.75, 3.05) is 18.9 Å². The molecule has 0 radical (unpaired) electrons. The molecule has 1 fully saturated rings. The number of aryl methyl sites for hydroxylation is 1. The van der Waals surface area contributed by atoms with Gasteiger partial charge in [0.1, 0.15) is 5.75 Å². The van der Waals surface area contributed by atoms with Gasteiger partial charge in [0.05, 0.1) is 5.56 Å². The zero-order valence-electron chi connectivity index (χ0n) is 16.3. The van der Waals surface area contributed by atoms with Gasteiger partial charge in [-0.15, -0.1) is 0 Å². The number of carboxylic acid groups (broad SMARTS) is 1. The number of benzene rings is 2. The molecule has 0 aromatic heterocycles. The fraction of sp³-hybridized carbons (Fsp3) is 0.286. The zero-order chi connectivity index (χ0) is 21.0. The third-order valence-corrected chi connectivity index (χ3v) is 4.76. The third-order valence-electron chi connectivity index (χ3n) is 4.76. The number of carboxylic acids is 1. The highest BCUT2D eigenvalue weighted by atomic mass is 16.5. The van der Waals surface area contributed by atoms with E-state index in [1.54, 1.807) is 42.3 Å². The van der Waals surface area contributed by atoms with Crippen molar-refractivity contribution in [3.05, 3.63) is 59.2 Å². The second kappa shape index (κ2) is 8.64. The summed E-state index contributed by atoms with van der Waals surface area (Å²) in [6.07, 6.45) is 0.193. The van der Waals surface area contributed by atoms with Crippen LogP contribution < -0.4 is 15.4 Å². The minimum atomic E-state index is -0.991. The van der Waals surface area contributed by atoms with Gasteiger partial charge < -0.3 is 25.4 Å². The molecule has 0 bridgehead atoms. The number of anilines is 1. The molecule has 8 heteroatoms. The van der Waals surface area contributed by atoms with Crippen LogP contribution in [0, 0.1) is 6.92 Å². The second-order valence-electron chi connectivity index (χ2n) is 6.94. The van der Waals surface area contributed by atoms with Gasteiger partial charge in [-0.25, -0.2) is 9.59 Å². The fourth-order valence-electron chi connectivity index (χ4n) is 3.03. The van der Waals surface area contributed by atoms with Gasteiger partial charge >= 0.3 is 12.0 Å². The van der Waals surface area contributed by atoms with E-state index in [0.29, 0.717) is 24.4 Å². The highest BCUT2D eigenvalue weighted by Gasteiger charge is 2.30. The first-order valence-electron chi connectivity index (χ1n) is 9.23. The normalized spacial score (nSPS) is 15.9. The molecule has 2 aromatic rings. The molecular formula is C21H23N3O5. The molecule has 3 amide bonds. The van der Waals surface area contributed by atoms with Crippen molar-refractivity contribution in [1.29, 1.82) is 0 Å². The smallest absolute Gasteiger partial charge is 0.335 e. The van der Waals surface area contributed by atoms with E-state index >= 15 is 0 Å². The van der Waals surface area contributed by atoms with Crippen LogP contribution in [0.5, 0.6) is 5.75 Å². The number of urea groups is 1. The lowest BCUT2D eigenvalue weighted by Gasteiger charge is -2.15. The Kier molecular flexibility index (Phi) is 6.01. The first-order valence-corrected chi connectivity index (χ1v) is 9.23. The van der Waals surface area contributed by atoms with Crippen LogP contribution in [0.2, 0.25) is 0 Å². The maximum absolute atomic E-state index is 12.2. The number of amides is 3. The lowest BCUT2D eigenvalue weighted by atomic mass is 10.1. The molecule has 1 aliphatic rings. The van der Waals surface area contributed by atoms with E-state index in [4.69, 9.17) is 9.84 Å². The monoisotopic (exact) mass is 397 g/mol. The molecule has 0 aliphatic carbocycles. The van der Waals surface area contributed by atoms with Crippen LogP contribution >= 0.6 is 0 Å². The third kappa shape index (κ3) is 5.04. The van der Waals surface area contributed by atoms with Gasteiger partial charge in [0.15, 0.2) is 6.10 Å². The molecule has 2 aromatic carbocycles. The Hall–Kier alpha value is -3.55. The summed E-state index contributed by atoms with van der Waals surface area (Å²) in [6.45, 7) is 2.79. The number of carbonyl (C=O) groups is 3. The Morgan fingerprint density at radius 1 is 1.21 bits per heavy atom. The highest BCUT2D eigenvalue weighted by Crippen LogP contribution is 2.24. The van der Waals surface area contributed by atoms with Crippen molar-refractivity contribution in [2.45, 2.75) is 26.0 Å². The number of hydrogen-bond acceptors (Lipinski definition) is 4. The van der Waals surface area contributed by atoms with Crippen LogP contribution in [-0.4, -0.2) is 47.6 Å². The quantitative estimate of drug-likeness (QED) is 0.694. The molecule has 8 nitrogen and oxygen atoms in total. The SMILES string of the molecule is Cc1cc(OC2CCN(C)C2=O)ccc1NC(=O)NCc1ccc(C(=O)O)cc1. The lowest BCUT2D eigenvalue weighted by molar-refractivity contribution is -0.132. The van der Waals surface area contributed by atoms with E-state index in [2.05, 4.69) is 10.6 Å². The van der Waals surface area contributed by atoms with Crippen LogP contribution in [-0.2, 0) is 11.3 Å². The average Bonchev–Trinajstić information content (AvgIpc) is 3.01. The van der Waals surface area contributed by atoms with Gasteiger partial charge in [-0.2, -0.15) is 0 Å². The van der Waals surface area contributed by atoms with Crippen LogP contribution in [0.4, 0.5) is 10.5 Å². The number of likely N-dealkylation sites (tertiary alicyclic amines) is 1. The average molecular weight is 397 g/mol. The molecule has 1 aliphatic heterocycles. The molecule has 1 saturated heterocycles. The van der Waals surface area contributed by atoms with Crippen molar-refractivity contribution >= 4 is 23.6 Å². The molecule has 3 rings (SSSR count). The Morgan fingerprint density at radius 2 is 1.93 bits per heavy atom. The van der Waals surface area contributed by atoms with E-state index in [1.165, 1.54) is 12.1 Å². The summed E-state index contributed by atoms with van der Waals surface area (Å²) >= 11 is 0. The maximum atomic E-state index is 12.2. The molecule has 29 heavy (non-hydrogen) atoms. The first kappa shape index (κ1) is 20.2. The second-order valence-corrected chi connectivity index (χ2v) is 6.94. The Balaban J connectivity index is 1.53. The molecule has 0 spiro atoms. The van der Waals surface area contributed by atoms with Gasteiger partial charge in [0, 0.05) is 32.2 Å². The summed E-state index contributed by atoms with van der Waals surface area (Å²) < 4.78 is 5.77. The summed E-state index contributed by atoms with van der Waals surface area (Å²) in [7, 11) is 1.75. The highest BCUT2D eigenvalue weighted by molar-refractivity contribution is 5.90. The largest absolute Gasteiger partial charge is 0.481 e. The zero-order valence-corrected chi connectivity index (χ0v) is 16.3. The number of nitrogens with zero attached hydrogens (tertiary/aromatic N) is 1. The van der Waals surface area contributed by atoms with Crippen molar-refractivity contribution in [3.8, 4) is 5.75 Å². The molecule has 0 saturated carbocycles. The van der Waals surface area contributed by atoms with Gasteiger partial charge in [-0.1, -0.05) is 12.1 Å². The van der Waals surface area contributed by atoms with Crippen LogP contribution in [0.25, 0.3) is 0 Å². The molecule has 3 N–H and O–H groups in total. The predicted octanol–water partition coefficient (Wildman–Crippen LogP) is 2.62. The first-order chi connectivity index (χ1) is 13.8. The Morgan fingerprint density at radius 3 is 2.52 bits per heavy atom. The van der Waals surface area contributed by atoms with E-state index < -0.39 is 12.1 Å². The summed E-state index contributed by atoms with van der Waals surface area (Å²) in [5, 5.41) is 14.4. The van der Waals surface area contributed by atoms with Crippen molar-refractivity contribution < 1.29 is 24.2 Å². The standard InChI is InChI=1S/C21H23N3O5/c1-13-11-16(29-18-9-10-24(2)19(18)25)7-8-17(13)23-21(28)22-12-14-3-5-15(6-4-14)20(26)27/h3-8,11,18H,9-10,12H2,1-2H3,(H,26,27)(H2,22,23,28). The van der Waals surface area contributed by atoms with Gasteiger partial charge in [-0.05, 0) is 48.4 Å². The Bertz CT molecular complexity index is 926. The molecule has 1 heterocycles. The summed E-state index contributed by atoms with van der Waals surface area (Å²) in [6, 6.07) is 11.2. The van der Waals surface area contributed by atoms with Crippen LogP contribution in [0.1, 0.15) is 27.9 Å². The van der Waals surface area contributed by atoms with E-state index in [0.717, 1.165) is 11.1 Å². The minimum Gasteiger partial charge on any atom is -0.481 e. The number of ether oxygens (including phenoxy) is 1. The lowest BCUT2D eigenvalue weighted by Crippen LogP contribution is -2.29. The predicted molar refractivity (Wildman–Crippen MR) is 107 cm³/mol. The number of rotatable bonds is 6. The number of nitrogens with one attached hydrogen (secondary N) is 2. The van der Waals surface area contributed by atoms with Crippen LogP contribution in [0.15, 0.2) is 42.5 Å². The molecular weight excluding hydrogens is 374 g/mol. The molecule has 1 atom stereocenters. The number of likely N-dealkylation sites (N-methyl/N-ethyl adjacent to an activating group) is 1. The van der Waals surface area contributed by atoms with E-state index in [1.807, 2.05) is 6.92 Å². The Labute approximate surface area is 168 Å². The molecule has 1 unspecified atom stereocenters. The maximum Gasteiger partial charge on any atom is 0.335 e. The van der Waals surface area contributed by atoms with Crippen molar-refractivity contribution in [2.24, 2.45) is 0 Å². The molecule has 152 valence electrons. The summed E-state index contributed by atoms with van der Waals surface area (Å²) in [5.74, 6) is -0.435. The fourth-order valence-corrected chi connectivity index (χ4v) is 3.03. The van der Waals surface area contributed by atoms with Crippen LogP contribution in [0.3, 0.4) is 0 Å². The van der Waals surface area contributed by atoms with E-state index in [-0.39, 0.29) is 24.0 Å². The topological polar surface area (TPSA) is 108 Å². The number of aromatic carboxylic acids is 1. The summed E-state index contributed by atoms with van der Waals surface area (Å²) in [5.41, 5.74) is 2.42. The number of carbonyl (C=O) groups excluding carboxylic acids is 2. The van der Waals surface area contributed by atoms with E-state index in [9.17, 15) is 14.4 Å².